The van der Waals surface area contributed by atoms with Gasteiger partial charge in [-0.05, 0) is 5.92 Å². The minimum absolute atomic E-state index is 0.230. The van der Waals surface area contributed by atoms with Gasteiger partial charge in [-0.3, -0.25) is 5.43 Å². The third-order valence-electron chi connectivity index (χ3n) is 1.81. The Kier molecular flexibility index (Phi) is 4.24. The Bertz CT molecular complexity index is 378. The summed E-state index contributed by atoms with van der Waals surface area (Å²) in [5, 5.41) is 10.0. The van der Waals surface area contributed by atoms with E-state index >= 15 is 0 Å². The Morgan fingerprint density at radius 1 is 1.75 bits per heavy atom. The van der Waals surface area contributed by atoms with Crippen molar-refractivity contribution in [3.63, 3.8) is 0 Å². The summed E-state index contributed by atoms with van der Waals surface area (Å²) in [4.78, 5) is 26.1. The highest BCUT2D eigenvalue weighted by atomic mass is 32.1. The number of carboxylic acid groups (broad SMARTS) is 1. The molecule has 0 bridgehead atoms. The Hall–Kier alpha value is -1.63. The van der Waals surface area contributed by atoms with Crippen molar-refractivity contribution >= 4 is 28.8 Å². The number of aromatic nitrogens is 1. The molecule has 0 fully saturated rings. The van der Waals surface area contributed by atoms with Crippen molar-refractivity contribution < 1.29 is 14.7 Å². The number of carbonyl (C=O) groups excluding carboxylic acids is 1. The quantitative estimate of drug-likeness (QED) is 0.608. The second-order valence-corrected chi connectivity index (χ2v) is 4.46. The first-order valence-electron chi connectivity index (χ1n) is 4.71. The molecule has 0 aliphatic heterocycles. The van der Waals surface area contributed by atoms with Crippen LogP contribution in [0.1, 0.15) is 24.6 Å². The van der Waals surface area contributed by atoms with Crippen LogP contribution in [0.25, 0.3) is 0 Å². The molecule has 0 unspecified atom stereocenters. The van der Waals surface area contributed by atoms with E-state index in [0.29, 0.717) is 17.3 Å². The van der Waals surface area contributed by atoms with Gasteiger partial charge < -0.3 is 9.90 Å². The van der Waals surface area contributed by atoms with Gasteiger partial charge in [-0.15, -0.1) is 11.3 Å². The van der Waals surface area contributed by atoms with Crippen LogP contribution in [0.15, 0.2) is 6.20 Å². The van der Waals surface area contributed by atoms with Gasteiger partial charge in [-0.2, -0.15) is 0 Å². The van der Waals surface area contributed by atoms with Gasteiger partial charge >= 0.3 is 6.09 Å². The number of amides is 1. The molecule has 1 aromatic heterocycles. The van der Waals surface area contributed by atoms with Gasteiger partial charge in [0.15, 0.2) is 0 Å². The lowest BCUT2D eigenvalue weighted by molar-refractivity contribution is -0.108. The van der Waals surface area contributed by atoms with Gasteiger partial charge in [0.1, 0.15) is 12.8 Å². The van der Waals surface area contributed by atoms with E-state index in [1.54, 1.807) is 6.20 Å². The Labute approximate surface area is 96.9 Å². The van der Waals surface area contributed by atoms with Crippen molar-refractivity contribution in [2.75, 3.05) is 12.0 Å². The highest BCUT2D eigenvalue weighted by Crippen LogP contribution is 2.25. The number of hydrogen-bond donors (Lipinski definition) is 2. The normalized spacial score (nSPS) is 10.2. The minimum Gasteiger partial charge on any atom is -0.464 e. The molecular formula is C9H13N3O3S. The number of anilines is 1. The number of thiazole rings is 1. The van der Waals surface area contributed by atoms with Crippen LogP contribution in [0.3, 0.4) is 0 Å². The molecule has 1 heterocycles. The maximum absolute atomic E-state index is 10.7. The molecule has 1 aromatic rings. The molecule has 16 heavy (non-hydrogen) atoms. The van der Waals surface area contributed by atoms with Crippen LogP contribution >= 0.6 is 11.3 Å². The van der Waals surface area contributed by atoms with Crippen molar-refractivity contribution in [1.29, 1.82) is 0 Å². The third-order valence-corrected chi connectivity index (χ3v) is 3.01. The monoisotopic (exact) mass is 243 g/mol. The molecule has 6 nitrogen and oxygen atoms in total. The summed E-state index contributed by atoms with van der Waals surface area (Å²) in [6, 6.07) is 0. The van der Waals surface area contributed by atoms with E-state index in [-0.39, 0.29) is 6.54 Å². The first kappa shape index (κ1) is 12.4. The van der Waals surface area contributed by atoms with Crippen LogP contribution in [0.4, 0.5) is 9.93 Å². The molecule has 1 rings (SSSR count). The number of nitrogens with zero attached hydrogens (tertiary/aromatic N) is 2. The summed E-state index contributed by atoms with van der Waals surface area (Å²) in [6.07, 6.45) is 0.991. The Morgan fingerprint density at radius 3 is 2.88 bits per heavy atom. The second-order valence-electron chi connectivity index (χ2n) is 3.39. The van der Waals surface area contributed by atoms with Crippen molar-refractivity contribution in [2.24, 2.45) is 0 Å². The number of rotatable bonds is 5. The molecule has 2 N–H and O–H groups in total. The molecule has 0 aliphatic rings. The first-order valence-corrected chi connectivity index (χ1v) is 5.52. The summed E-state index contributed by atoms with van der Waals surface area (Å²) < 4.78 is 0. The van der Waals surface area contributed by atoms with E-state index in [0.717, 1.165) is 9.89 Å². The minimum atomic E-state index is -1.21. The Morgan fingerprint density at radius 2 is 2.44 bits per heavy atom. The number of carbonyl (C=O) groups is 2. The van der Waals surface area contributed by atoms with E-state index in [9.17, 15) is 9.59 Å². The average Bonchev–Trinajstić information content (AvgIpc) is 2.65. The van der Waals surface area contributed by atoms with E-state index in [1.165, 1.54) is 11.3 Å². The summed E-state index contributed by atoms with van der Waals surface area (Å²) >= 11 is 1.37. The van der Waals surface area contributed by atoms with E-state index < -0.39 is 6.09 Å². The van der Waals surface area contributed by atoms with Crippen LogP contribution < -0.4 is 5.43 Å². The zero-order valence-corrected chi connectivity index (χ0v) is 9.82. The number of hydrogen-bond acceptors (Lipinski definition) is 5. The molecule has 0 saturated carbocycles. The SMILES string of the molecule is CC(C)c1cnc(NN(CC=O)C(=O)O)s1. The maximum Gasteiger partial charge on any atom is 0.426 e. The first-order chi connectivity index (χ1) is 7.54. The highest BCUT2D eigenvalue weighted by molar-refractivity contribution is 7.15. The fourth-order valence-electron chi connectivity index (χ4n) is 0.967. The van der Waals surface area contributed by atoms with Gasteiger partial charge in [0.05, 0.1) is 0 Å². The molecule has 88 valence electrons. The number of nitrogens with one attached hydrogen (secondary N) is 1. The van der Waals surface area contributed by atoms with Crippen LogP contribution in [0.5, 0.6) is 0 Å². The average molecular weight is 243 g/mol. The second kappa shape index (κ2) is 5.45. The molecule has 1 amide bonds. The van der Waals surface area contributed by atoms with Crippen molar-refractivity contribution in [2.45, 2.75) is 19.8 Å². The number of aldehydes is 1. The zero-order valence-electron chi connectivity index (χ0n) is 9.01. The summed E-state index contributed by atoms with van der Waals surface area (Å²) in [5.74, 6) is 0.345. The van der Waals surface area contributed by atoms with Gasteiger partial charge in [0, 0.05) is 11.1 Å². The van der Waals surface area contributed by atoms with Crippen molar-refractivity contribution in [3.05, 3.63) is 11.1 Å². The van der Waals surface area contributed by atoms with Crippen LogP contribution in [-0.4, -0.2) is 34.0 Å². The van der Waals surface area contributed by atoms with E-state index in [1.807, 2.05) is 13.8 Å². The van der Waals surface area contributed by atoms with Crippen LogP contribution in [-0.2, 0) is 4.79 Å². The van der Waals surface area contributed by atoms with Crippen LogP contribution in [0.2, 0.25) is 0 Å². The largest absolute Gasteiger partial charge is 0.464 e. The van der Waals surface area contributed by atoms with Crippen LogP contribution in [0, 0.1) is 0 Å². The molecule has 0 aromatic carbocycles. The van der Waals surface area contributed by atoms with Gasteiger partial charge in [0.25, 0.3) is 0 Å². The predicted molar refractivity (Wildman–Crippen MR) is 60.6 cm³/mol. The van der Waals surface area contributed by atoms with Crippen molar-refractivity contribution in [3.8, 4) is 0 Å². The molecule has 7 heteroatoms. The van der Waals surface area contributed by atoms with Gasteiger partial charge in [-0.25, -0.2) is 14.8 Å². The summed E-state index contributed by atoms with van der Waals surface area (Å²) in [6.45, 7) is 3.82. The zero-order chi connectivity index (χ0) is 12.1. The topological polar surface area (TPSA) is 82.5 Å². The molecule has 0 radical (unpaired) electrons. The number of hydrazine groups is 1. The standard InChI is InChI=1S/C9H13N3O3S/c1-6(2)7-5-10-8(16-7)11-12(3-4-13)9(14)15/h4-6H,3H2,1-2H3,(H,10,11)(H,14,15). The molecular weight excluding hydrogens is 230 g/mol. The lowest BCUT2D eigenvalue weighted by Gasteiger charge is -2.15. The van der Waals surface area contributed by atoms with Gasteiger partial charge in [-0.1, -0.05) is 13.8 Å². The third kappa shape index (κ3) is 3.20. The molecule has 0 atom stereocenters. The lowest BCUT2D eigenvalue weighted by atomic mass is 10.2. The molecule has 0 aliphatic carbocycles. The molecule has 0 spiro atoms. The van der Waals surface area contributed by atoms with Crippen molar-refractivity contribution in [1.82, 2.24) is 9.99 Å². The predicted octanol–water partition coefficient (Wildman–Crippen LogP) is 1.77. The molecule has 0 saturated heterocycles. The summed E-state index contributed by atoms with van der Waals surface area (Å²) in [5.41, 5.74) is 2.56. The van der Waals surface area contributed by atoms with E-state index in [2.05, 4.69) is 10.4 Å². The highest BCUT2D eigenvalue weighted by Gasteiger charge is 2.13. The van der Waals surface area contributed by atoms with E-state index in [4.69, 9.17) is 5.11 Å². The summed E-state index contributed by atoms with van der Waals surface area (Å²) in [7, 11) is 0. The van der Waals surface area contributed by atoms with Gasteiger partial charge in [0.2, 0.25) is 5.13 Å². The smallest absolute Gasteiger partial charge is 0.426 e. The lowest BCUT2D eigenvalue weighted by Crippen LogP contribution is -2.36. The fourth-order valence-corrected chi connectivity index (χ4v) is 1.79. The fraction of sp³-hybridized carbons (Fsp3) is 0.444. The maximum atomic E-state index is 10.7. The Balaban J connectivity index is 2.69.